The third kappa shape index (κ3) is 2.91. The third-order valence-corrected chi connectivity index (χ3v) is 5.37. The van der Waals surface area contributed by atoms with Crippen LogP contribution in [0.15, 0.2) is 47.2 Å². The van der Waals surface area contributed by atoms with Gasteiger partial charge in [0.15, 0.2) is 0 Å². The van der Waals surface area contributed by atoms with E-state index < -0.39 is 25.0 Å². The Kier molecular flexibility index (Phi) is 3.90. The Balaban J connectivity index is 2.71. The van der Waals surface area contributed by atoms with E-state index in [1.54, 1.807) is 0 Å². The van der Waals surface area contributed by atoms with E-state index in [0.29, 0.717) is 5.39 Å². The molecular weight excluding hydrogens is 330 g/mol. The van der Waals surface area contributed by atoms with Crippen LogP contribution in [0, 0.1) is 0 Å². The number of aromatic hydroxyl groups is 1. The van der Waals surface area contributed by atoms with E-state index in [2.05, 4.69) is 6.58 Å². The van der Waals surface area contributed by atoms with Crippen molar-refractivity contribution in [3.63, 3.8) is 0 Å². The molecule has 0 heterocycles. The molecule has 0 saturated heterocycles. The summed E-state index contributed by atoms with van der Waals surface area (Å²) in [5, 5.41) is 11.2. The number of rotatable bonds is 4. The van der Waals surface area contributed by atoms with Gasteiger partial charge in [0.2, 0.25) is 0 Å². The van der Waals surface area contributed by atoms with Crippen molar-refractivity contribution in [2.75, 3.05) is 11.4 Å². The highest BCUT2D eigenvalue weighted by Gasteiger charge is 2.17. The first-order chi connectivity index (χ1) is 10.1. The average Bonchev–Trinajstić information content (AvgIpc) is 2.44. The summed E-state index contributed by atoms with van der Waals surface area (Å²) >= 11 is 0. The van der Waals surface area contributed by atoms with Crippen LogP contribution in [0.1, 0.15) is 0 Å². The predicted molar refractivity (Wildman–Crippen MR) is 82.9 cm³/mol. The van der Waals surface area contributed by atoms with Gasteiger partial charge >= 0.3 is 0 Å². The number of hydrogen-bond donors (Lipinski definition) is 2. The number of phenolic OH excluding ortho intramolecular Hbond substituents is 1. The van der Waals surface area contributed by atoms with Gasteiger partial charge in [-0.05, 0) is 29.7 Å². The van der Waals surface area contributed by atoms with Crippen molar-refractivity contribution in [1.29, 1.82) is 0 Å². The second-order valence-electron chi connectivity index (χ2n) is 4.50. The Morgan fingerprint density at radius 1 is 1.14 bits per heavy atom. The summed E-state index contributed by atoms with van der Waals surface area (Å²) in [4.78, 5) is -0.483. The van der Waals surface area contributed by atoms with Gasteiger partial charge < -0.3 is 5.11 Å². The van der Waals surface area contributed by atoms with Crippen LogP contribution < -0.4 is 4.31 Å². The Morgan fingerprint density at radius 2 is 1.77 bits per heavy atom. The number of fused-ring (bicyclic) bond motifs is 1. The zero-order chi connectivity index (χ0) is 16.7. The molecule has 0 unspecified atom stereocenters. The maximum atomic E-state index is 11.8. The van der Waals surface area contributed by atoms with E-state index in [4.69, 9.17) is 4.55 Å². The summed E-state index contributed by atoms with van der Waals surface area (Å²) < 4.78 is 55.9. The number of phenols is 1. The van der Waals surface area contributed by atoms with Gasteiger partial charge in [0.05, 0.1) is 10.6 Å². The third-order valence-electron chi connectivity index (χ3n) is 3.14. The molecule has 0 spiro atoms. The first-order valence-electron chi connectivity index (χ1n) is 5.92. The SMILES string of the molecule is C=CS(=O)(=O)N(C)c1ccc2c(O)cc(S(=O)(=O)O)cc2c1. The molecule has 2 aromatic carbocycles. The van der Waals surface area contributed by atoms with E-state index in [9.17, 15) is 21.9 Å². The minimum Gasteiger partial charge on any atom is -0.507 e. The number of anilines is 1. The average molecular weight is 343 g/mol. The fourth-order valence-electron chi connectivity index (χ4n) is 1.91. The molecule has 0 radical (unpaired) electrons. The molecular formula is C13H13NO6S2. The molecule has 22 heavy (non-hydrogen) atoms. The van der Waals surface area contributed by atoms with Crippen molar-refractivity contribution < 1.29 is 26.5 Å². The Bertz CT molecular complexity index is 963. The van der Waals surface area contributed by atoms with Crippen LogP contribution in [0.5, 0.6) is 5.75 Å². The van der Waals surface area contributed by atoms with E-state index in [0.717, 1.165) is 21.8 Å². The highest BCUT2D eigenvalue weighted by Crippen LogP contribution is 2.32. The van der Waals surface area contributed by atoms with Crippen molar-refractivity contribution in [3.05, 3.63) is 42.3 Å². The van der Waals surface area contributed by atoms with E-state index in [1.165, 1.54) is 25.2 Å². The monoisotopic (exact) mass is 343 g/mol. The predicted octanol–water partition coefficient (Wildman–Crippen LogP) is 1.70. The summed E-state index contributed by atoms with van der Waals surface area (Å²) in [6.07, 6.45) is 0. The van der Waals surface area contributed by atoms with Gasteiger partial charge in [0, 0.05) is 23.9 Å². The zero-order valence-electron chi connectivity index (χ0n) is 11.5. The second kappa shape index (κ2) is 5.27. The van der Waals surface area contributed by atoms with Crippen molar-refractivity contribution in [2.45, 2.75) is 4.90 Å². The van der Waals surface area contributed by atoms with Crippen molar-refractivity contribution in [1.82, 2.24) is 0 Å². The molecule has 0 bridgehead atoms. The van der Waals surface area contributed by atoms with Gasteiger partial charge in [0.1, 0.15) is 5.75 Å². The molecule has 7 nitrogen and oxygen atoms in total. The maximum Gasteiger partial charge on any atom is 0.294 e. The summed E-state index contributed by atoms with van der Waals surface area (Å²) in [6.45, 7) is 3.22. The van der Waals surface area contributed by atoms with Crippen molar-refractivity contribution in [3.8, 4) is 5.75 Å². The summed E-state index contributed by atoms with van der Waals surface area (Å²) in [5.74, 6) is -0.342. The van der Waals surface area contributed by atoms with Crippen molar-refractivity contribution >= 4 is 36.6 Å². The lowest BCUT2D eigenvalue weighted by Crippen LogP contribution is -2.23. The van der Waals surface area contributed by atoms with Crippen molar-refractivity contribution in [2.24, 2.45) is 0 Å². The molecule has 118 valence electrons. The second-order valence-corrected chi connectivity index (χ2v) is 7.83. The smallest absolute Gasteiger partial charge is 0.294 e. The fraction of sp³-hybridized carbons (Fsp3) is 0.0769. The first kappa shape index (κ1) is 16.3. The molecule has 2 N–H and O–H groups in total. The molecule has 0 amide bonds. The number of hydrogen-bond acceptors (Lipinski definition) is 5. The number of sulfonamides is 1. The molecule has 2 rings (SSSR count). The highest BCUT2D eigenvalue weighted by molar-refractivity contribution is 7.95. The summed E-state index contributed by atoms with van der Waals surface area (Å²) in [6, 6.07) is 6.34. The van der Waals surface area contributed by atoms with Crippen LogP contribution in [0.3, 0.4) is 0 Å². The van der Waals surface area contributed by atoms with Gasteiger partial charge in [-0.25, -0.2) is 8.42 Å². The fourth-order valence-corrected chi connectivity index (χ4v) is 3.08. The lowest BCUT2D eigenvalue weighted by atomic mass is 10.1. The normalized spacial score (nSPS) is 12.3. The minimum absolute atomic E-state index is 0.249. The van der Waals surface area contributed by atoms with Crippen LogP contribution in [0.4, 0.5) is 5.69 Å². The number of nitrogens with zero attached hydrogens (tertiary/aromatic N) is 1. The number of benzene rings is 2. The largest absolute Gasteiger partial charge is 0.507 e. The highest BCUT2D eigenvalue weighted by atomic mass is 32.2. The molecule has 0 aliphatic carbocycles. The summed E-state index contributed by atoms with van der Waals surface area (Å²) in [5.41, 5.74) is 0.249. The quantitative estimate of drug-likeness (QED) is 0.817. The molecule has 0 aliphatic heterocycles. The first-order valence-corrected chi connectivity index (χ1v) is 8.86. The Labute approximate surface area is 127 Å². The topological polar surface area (TPSA) is 112 Å². The zero-order valence-corrected chi connectivity index (χ0v) is 13.1. The van der Waals surface area contributed by atoms with Gasteiger partial charge in [-0.3, -0.25) is 8.86 Å². The maximum absolute atomic E-state index is 11.8. The van der Waals surface area contributed by atoms with E-state index in [-0.39, 0.29) is 16.8 Å². The van der Waals surface area contributed by atoms with E-state index in [1.807, 2.05) is 0 Å². The minimum atomic E-state index is -4.49. The molecule has 0 aliphatic rings. The van der Waals surface area contributed by atoms with Gasteiger partial charge in [0.25, 0.3) is 20.1 Å². The van der Waals surface area contributed by atoms with Gasteiger partial charge in [-0.1, -0.05) is 6.58 Å². The van der Waals surface area contributed by atoms with E-state index >= 15 is 0 Å². The van der Waals surface area contributed by atoms with Gasteiger partial charge in [-0.15, -0.1) is 0 Å². The Hall–Kier alpha value is -2.10. The van der Waals surface area contributed by atoms with Gasteiger partial charge in [-0.2, -0.15) is 8.42 Å². The summed E-state index contributed by atoms with van der Waals surface area (Å²) in [7, 11) is -6.88. The lowest BCUT2D eigenvalue weighted by molar-refractivity contribution is 0.471. The van der Waals surface area contributed by atoms with Crippen LogP contribution in [0.2, 0.25) is 0 Å². The lowest BCUT2D eigenvalue weighted by Gasteiger charge is -2.17. The molecule has 0 fully saturated rings. The molecule has 0 saturated carbocycles. The molecule has 0 atom stereocenters. The van der Waals surface area contributed by atoms with Crippen LogP contribution in [-0.2, 0) is 20.1 Å². The standard InChI is InChI=1S/C13H13NO6S2/c1-3-21(16,17)14(2)10-4-5-12-9(6-10)7-11(8-13(12)15)22(18,19)20/h3-8,15H,1H2,2H3,(H,18,19,20). The molecule has 2 aromatic rings. The Morgan fingerprint density at radius 3 is 2.32 bits per heavy atom. The van der Waals surface area contributed by atoms with Crippen LogP contribution in [0.25, 0.3) is 10.8 Å². The van der Waals surface area contributed by atoms with Crippen LogP contribution >= 0.6 is 0 Å². The molecule has 0 aromatic heterocycles. The van der Waals surface area contributed by atoms with Crippen LogP contribution in [-0.4, -0.2) is 33.5 Å². The molecule has 9 heteroatoms.